The van der Waals surface area contributed by atoms with Crippen molar-refractivity contribution in [3.8, 4) is 11.3 Å². The van der Waals surface area contributed by atoms with Gasteiger partial charge in [0.15, 0.2) is 0 Å². The van der Waals surface area contributed by atoms with Gasteiger partial charge in [-0.2, -0.15) is 4.98 Å². The van der Waals surface area contributed by atoms with E-state index in [1.54, 1.807) is 12.1 Å². The Bertz CT molecular complexity index is 834. The highest BCUT2D eigenvalue weighted by Crippen LogP contribution is 2.35. The van der Waals surface area contributed by atoms with Gasteiger partial charge in [-0.15, -0.1) is 0 Å². The third-order valence-electron chi connectivity index (χ3n) is 4.23. The van der Waals surface area contributed by atoms with Crippen LogP contribution in [0.25, 0.3) is 22.4 Å². The standard InChI is InChI=1S/C16H15FN4O2/c17-11-5-3-10(4-6-11)14-13-15(18-9-19-16(13)23-20-14)21-7-1-2-12(21)8-22/h3-6,9,12,22H,1-2,7-8H2. The Morgan fingerprint density at radius 3 is 2.87 bits per heavy atom. The number of benzene rings is 1. The van der Waals surface area contributed by atoms with Crippen molar-refractivity contribution < 1.29 is 14.0 Å². The van der Waals surface area contributed by atoms with E-state index in [9.17, 15) is 9.50 Å². The van der Waals surface area contributed by atoms with Gasteiger partial charge >= 0.3 is 0 Å². The molecule has 1 fully saturated rings. The first-order valence-corrected chi connectivity index (χ1v) is 7.52. The summed E-state index contributed by atoms with van der Waals surface area (Å²) in [4.78, 5) is 10.6. The van der Waals surface area contributed by atoms with Gasteiger partial charge < -0.3 is 14.5 Å². The summed E-state index contributed by atoms with van der Waals surface area (Å²) >= 11 is 0. The second-order valence-corrected chi connectivity index (χ2v) is 5.59. The maximum absolute atomic E-state index is 13.2. The molecule has 118 valence electrons. The van der Waals surface area contributed by atoms with Crippen molar-refractivity contribution in [2.45, 2.75) is 18.9 Å². The topological polar surface area (TPSA) is 75.3 Å². The van der Waals surface area contributed by atoms with E-state index < -0.39 is 0 Å². The Morgan fingerprint density at radius 1 is 1.26 bits per heavy atom. The Labute approximate surface area is 131 Å². The van der Waals surface area contributed by atoms with Crippen LogP contribution in [0.2, 0.25) is 0 Å². The third-order valence-corrected chi connectivity index (χ3v) is 4.23. The minimum Gasteiger partial charge on any atom is -0.394 e. The van der Waals surface area contributed by atoms with Crippen LogP contribution in [0, 0.1) is 5.82 Å². The van der Waals surface area contributed by atoms with Crippen molar-refractivity contribution in [3.63, 3.8) is 0 Å². The quantitative estimate of drug-likeness (QED) is 0.800. The molecule has 0 aliphatic carbocycles. The molecule has 23 heavy (non-hydrogen) atoms. The first-order chi connectivity index (χ1) is 11.3. The molecule has 3 heterocycles. The Balaban J connectivity index is 1.88. The van der Waals surface area contributed by atoms with Gasteiger partial charge in [0.1, 0.15) is 29.0 Å². The van der Waals surface area contributed by atoms with Crippen molar-refractivity contribution in [2.75, 3.05) is 18.1 Å². The van der Waals surface area contributed by atoms with Gasteiger partial charge in [-0.25, -0.2) is 9.37 Å². The number of hydrogen-bond acceptors (Lipinski definition) is 6. The Kier molecular flexibility index (Phi) is 3.42. The average molecular weight is 314 g/mol. The van der Waals surface area contributed by atoms with Crippen LogP contribution in [0.1, 0.15) is 12.8 Å². The molecule has 1 atom stereocenters. The van der Waals surface area contributed by atoms with Gasteiger partial charge in [-0.3, -0.25) is 0 Å². The number of rotatable bonds is 3. The molecule has 0 saturated carbocycles. The third kappa shape index (κ3) is 2.33. The summed E-state index contributed by atoms with van der Waals surface area (Å²) in [6.07, 6.45) is 3.34. The molecule has 1 saturated heterocycles. The number of anilines is 1. The van der Waals surface area contributed by atoms with Crippen LogP contribution in [0.4, 0.5) is 10.2 Å². The molecule has 1 aromatic carbocycles. The predicted molar refractivity (Wildman–Crippen MR) is 82.4 cm³/mol. The summed E-state index contributed by atoms with van der Waals surface area (Å²) in [5.74, 6) is 0.394. The number of aliphatic hydroxyl groups excluding tert-OH is 1. The first-order valence-electron chi connectivity index (χ1n) is 7.52. The molecular weight excluding hydrogens is 299 g/mol. The molecule has 0 spiro atoms. The molecule has 4 rings (SSSR count). The van der Waals surface area contributed by atoms with Gasteiger partial charge in [0.2, 0.25) is 0 Å². The Morgan fingerprint density at radius 2 is 2.09 bits per heavy atom. The highest BCUT2D eigenvalue weighted by molar-refractivity contribution is 5.98. The fraction of sp³-hybridized carbons (Fsp3) is 0.312. The van der Waals surface area contributed by atoms with Crippen molar-refractivity contribution in [2.24, 2.45) is 0 Å². The van der Waals surface area contributed by atoms with E-state index in [-0.39, 0.29) is 18.5 Å². The van der Waals surface area contributed by atoms with E-state index in [4.69, 9.17) is 4.52 Å². The largest absolute Gasteiger partial charge is 0.394 e. The monoisotopic (exact) mass is 314 g/mol. The summed E-state index contributed by atoms with van der Waals surface area (Å²) in [6.45, 7) is 0.883. The zero-order chi connectivity index (χ0) is 15.8. The van der Waals surface area contributed by atoms with Crippen LogP contribution in [0.3, 0.4) is 0 Å². The van der Waals surface area contributed by atoms with E-state index in [1.807, 2.05) is 0 Å². The zero-order valence-electron chi connectivity index (χ0n) is 12.3. The van der Waals surface area contributed by atoms with Gasteiger partial charge in [0.25, 0.3) is 5.71 Å². The number of aromatic nitrogens is 3. The molecule has 0 amide bonds. The van der Waals surface area contributed by atoms with Crippen LogP contribution < -0.4 is 4.90 Å². The lowest BCUT2D eigenvalue weighted by molar-refractivity contribution is 0.266. The number of nitrogens with zero attached hydrogens (tertiary/aromatic N) is 4. The lowest BCUT2D eigenvalue weighted by atomic mass is 10.1. The fourth-order valence-corrected chi connectivity index (χ4v) is 3.10. The van der Waals surface area contributed by atoms with E-state index >= 15 is 0 Å². The van der Waals surface area contributed by atoms with Crippen molar-refractivity contribution in [1.82, 2.24) is 15.1 Å². The molecule has 6 nitrogen and oxygen atoms in total. The van der Waals surface area contributed by atoms with E-state index in [1.165, 1.54) is 18.5 Å². The summed E-state index contributed by atoms with van der Waals surface area (Å²) in [5, 5.41) is 14.4. The van der Waals surface area contributed by atoms with Crippen molar-refractivity contribution >= 4 is 16.9 Å². The maximum Gasteiger partial charge on any atom is 0.263 e. The molecular formula is C16H15FN4O2. The van der Waals surface area contributed by atoms with Gasteiger partial charge in [-0.1, -0.05) is 5.16 Å². The maximum atomic E-state index is 13.2. The second kappa shape index (κ2) is 5.58. The minimum absolute atomic E-state index is 0.0315. The molecule has 0 radical (unpaired) electrons. The lowest BCUT2D eigenvalue weighted by Crippen LogP contribution is -2.32. The number of hydrogen-bond donors (Lipinski definition) is 1. The molecule has 7 heteroatoms. The first kappa shape index (κ1) is 14.1. The molecule has 1 aliphatic heterocycles. The van der Waals surface area contributed by atoms with Gasteiger partial charge in [-0.05, 0) is 37.1 Å². The van der Waals surface area contributed by atoms with E-state index in [0.29, 0.717) is 22.6 Å². The zero-order valence-corrected chi connectivity index (χ0v) is 12.3. The lowest BCUT2D eigenvalue weighted by Gasteiger charge is -2.24. The van der Waals surface area contributed by atoms with Crippen LogP contribution in [0.5, 0.6) is 0 Å². The summed E-state index contributed by atoms with van der Waals surface area (Å²) < 4.78 is 18.5. The van der Waals surface area contributed by atoms with Crippen LogP contribution in [0.15, 0.2) is 35.1 Å². The van der Waals surface area contributed by atoms with E-state index in [2.05, 4.69) is 20.0 Å². The highest BCUT2D eigenvalue weighted by Gasteiger charge is 2.29. The minimum atomic E-state index is -0.307. The van der Waals surface area contributed by atoms with Crippen molar-refractivity contribution in [1.29, 1.82) is 0 Å². The fourth-order valence-electron chi connectivity index (χ4n) is 3.10. The molecule has 0 bridgehead atoms. The highest BCUT2D eigenvalue weighted by atomic mass is 19.1. The van der Waals surface area contributed by atoms with Gasteiger partial charge in [0, 0.05) is 12.1 Å². The molecule has 3 aromatic rings. The molecule has 1 unspecified atom stereocenters. The van der Waals surface area contributed by atoms with Crippen LogP contribution >= 0.6 is 0 Å². The van der Waals surface area contributed by atoms with Crippen LogP contribution in [-0.2, 0) is 0 Å². The predicted octanol–water partition coefficient (Wildman–Crippen LogP) is 2.39. The second-order valence-electron chi connectivity index (χ2n) is 5.59. The summed E-state index contributed by atoms with van der Waals surface area (Å²) in [7, 11) is 0. The summed E-state index contributed by atoms with van der Waals surface area (Å²) in [5.41, 5.74) is 1.71. The number of aliphatic hydroxyl groups is 1. The number of halogens is 1. The molecule has 1 aliphatic rings. The normalized spacial score (nSPS) is 18.0. The van der Waals surface area contributed by atoms with E-state index in [0.717, 1.165) is 24.9 Å². The van der Waals surface area contributed by atoms with Crippen LogP contribution in [-0.4, -0.2) is 39.4 Å². The molecule has 2 aromatic heterocycles. The average Bonchev–Trinajstić information content (AvgIpc) is 3.22. The van der Waals surface area contributed by atoms with Crippen molar-refractivity contribution in [3.05, 3.63) is 36.4 Å². The molecule has 1 N–H and O–H groups in total. The Hall–Kier alpha value is -2.54. The van der Waals surface area contributed by atoms with Gasteiger partial charge in [0.05, 0.1) is 12.6 Å². The summed E-state index contributed by atoms with van der Waals surface area (Å²) in [6, 6.07) is 6.09. The smallest absolute Gasteiger partial charge is 0.263 e. The number of fused-ring (bicyclic) bond motifs is 1. The SMILES string of the molecule is OCC1CCCN1c1ncnc2onc(-c3ccc(F)cc3)c12.